The van der Waals surface area contributed by atoms with Gasteiger partial charge >= 0.3 is 0 Å². The van der Waals surface area contributed by atoms with Crippen LogP contribution >= 0.6 is 0 Å². The zero-order valence-electron chi connectivity index (χ0n) is 13.7. The quantitative estimate of drug-likeness (QED) is 0.824. The van der Waals surface area contributed by atoms with Crippen LogP contribution in [0.5, 0.6) is 0 Å². The number of aromatic nitrogens is 3. The average Bonchev–Trinajstić information content (AvgIpc) is 3.21. The van der Waals surface area contributed by atoms with Gasteiger partial charge in [-0.15, -0.1) is 4.40 Å². The second kappa shape index (κ2) is 6.07. The van der Waals surface area contributed by atoms with Gasteiger partial charge in [0.25, 0.3) is 10.0 Å². The molecule has 2 aliphatic rings. The normalized spacial score (nSPS) is 26.3. The molecule has 8 nitrogen and oxygen atoms in total. The third kappa shape index (κ3) is 2.95. The van der Waals surface area contributed by atoms with E-state index in [4.69, 9.17) is 0 Å². The van der Waals surface area contributed by atoms with Crippen LogP contribution in [0.15, 0.2) is 51.3 Å². The molecule has 0 bridgehead atoms. The highest BCUT2D eigenvalue weighted by atomic mass is 32.2. The minimum absolute atomic E-state index is 0.0209. The fourth-order valence-corrected chi connectivity index (χ4v) is 4.45. The van der Waals surface area contributed by atoms with Gasteiger partial charge in [0, 0.05) is 5.56 Å². The maximum absolute atomic E-state index is 12.1. The van der Waals surface area contributed by atoms with E-state index in [1.54, 1.807) is 35.3 Å². The first-order valence-electron chi connectivity index (χ1n) is 8.15. The molecule has 1 aromatic heterocycles. The molecule has 0 spiro atoms. The van der Waals surface area contributed by atoms with Crippen LogP contribution in [0.4, 0.5) is 0 Å². The molecule has 25 heavy (non-hydrogen) atoms. The fourth-order valence-electron chi connectivity index (χ4n) is 3.28. The van der Waals surface area contributed by atoms with Crippen LogP contribution in [0.3, 0.4) is 0 Å². The maximum Gasteiger partial charge on any atom is 0.285 e. The Labute approximate surface area is 145 Å². The Kier molecular flexibility index (Phi) is 3.87. The summed E-state index contributed by atoms with van der Waals surface area (Å²) in [6.07, 6.45) is 5.97. The summed E-state index contributed by atoms with van der Waals surface area (Å²) in [4.78, 5) is 4.23. The molecule has 1 N–H and O–H groups in total. The number of sulfonamides is 1. The molecule has 0 saturated heterocycles. The maximum atomic E-state index is 12.1. The number of hydrazone groups is 1. The van der Waals surface area contributed by atoms with Crippen molar-refractivity contribution >= 4 is 21.6 Å². The highest BCUT2D eigenvalue weighted by Crippen LogP contribution is 2.30. The van der Waals surface area contributed by atoms with E-state index < -0.39 is 10.0 Å². The summed E-state index contributed by atoms with van der Waals surface area (Å²) in [7, 11) is -3.64. The number of hydrogen-bond acceptors (Lipinski definition) is 6. The van der Waals surface area contributed by atoms with E-state index >= 15 is 0 Å². The van der Waals surface area contributed by atoms with Crippen molar-refractivity contribution < 1.29 is 8.42 Å². The van der Waals surface area contributed by atoms with E-state index in [2.05, 4.69) is 31.9 Å². The third-order valence-corrected chi connectivity index (χ3v) is 5.93. The lowest BCUT2D eigenvalue weighted by molar-refractivity contribution is 0.378. The van der Waals surface area contributed by atoms with Crippen molar-refractivity contribution in [2.24, 2.45) is 15.4 Å². The Morgan fingerprint density at radius 1 is 1.32 bits per heavy atom. The molecule has 0 radical (unpaired) electrons. The highest BCUT2D eigenvalue weighted by molar-refractivity contribution is 7.90. The molecular weight excluding hydrogens is 340 g/mol. The van der Waals surface area contributed by atoms with Crippen molar-refractivity contribution in [3.05, 3.63) is 42.5 Å². The zero-order valence-corrected chi connectivity index (χ0v) is 14.5. The van der Waals surface area contributed by atoms with Gasteiger partial charge in [0.1, 0.15) is 17.6 Å². The SMILES string of the molecule is CC1CC/C(=N\NC2=NS(=O)(=O)c3ccccc32)C(n2cncn2)C1. The van der Waals surface area contributed by atoms with Crippen molar-refractivity contribution in [1.29, 1.82) is 0 Å². The van der Waals surface area contributed by atoms with Gasteiger partial charge in [-0.05, 0) is 37.3 Å². The Morgan fingerprint density at radius 2 is 2.16 bits per heavy atom. The van der Waals surface area contributed by atoms with E-state index in [-0.39, 0.29) is 16.8 Å². The van der Waals surface area contributed by atoms with Crippen molar-refractivity contribution in [2.75, 3.05) is 0 Å². The summed E-state index contributed by atoms with van der Waals surface area (Å²) in [5.74, 6) is 0.831. The molecule has 1 fully saturated rings. The molecule has 130 valence electrons. The second-order valence-electron chi connectivity index (χ2n) is 6.40. The number of fused-ring (bicyclic) bond motifs is 1. The number of amidine groups is 1. The summed E-state index contributed by atoms with van der Waals surface area (Å²) in [6.45, 7) is 2.21. The van der Waals surface area contributed by atoms with Gasteiger partial charge < -0.3 is 0 Å². The Bertz CT molecular complexity index is 949. The first-order chi connectivity index (χ1) is 12.0. The fraction of sp³-hybridized carbons (Fsp3) is 0.375. The molecule has 1 saturated carbocycles. The van der Waals surface area contributed by atoms with Crippen LogP contribution < -0.4 is 5.43 Å². The van der Waals surface area contributed by atoms with Crippen molar-refractivity contribution in [3.63, 3.8) is 0 Å². The van der Waals surface area contributed by atoms with Gasteiger partial charge in [0.15, 0.2) is 5.84 Å². The monoisotopic (exact) mass is 358 g/mol. The van der Waals surface area contributed by atoms with Crippen molar-refractivity contribution in [2.45, 2.75) is 37.1 Å². The Balaban J connectivity index is 1.63. The van der Waals surface area contributed by atoms with Gasteiger partial charge in [-0.3, -0.25) is 5.43 Å². The standard InChI is InChI=1S/C16H18N6O2S/c1-11-6-7-13(14(8-11)22-10-17-9-18-22)19-20-16-12-4-2-3-5-15(12)25(23,24)21-16/h2-5,9-11,14H,6-8H2,1H3,(H,20,21)/b19-13+. The topological polar surface area (TPSA) is 102 Å². The smallest absolute Gasteiger partial charge is 0.260 e. The summed E-state index contributed by atoms with van der Waals surface area (Å²) >= 11 is 0. The zero-order chi connectivity index (χ0) is 17.4. The number of hydrogen-bond donors (Lipinski definition) is 1. The lowest BCUT2D eigenvalue weighted by atomic mass is 9.85. The van der Waals surface area contributed by atoms with Crippen LogP contribution in [0.25, 0.3) is 0 Å². The largest absolute Gasteiger partial charge is 0.285 e. The molecular formula is C16H18N6O2S. The van der Waals surface area contributed by atoms with E-state index in [0.717, 1.165) is 25.0 Å². The molecule has 2 atom stereocenters. The van der Waals surface area contributed by atoms with Gasteiger partial charge in [0.2, 0.25) is 0 Å². The number of nitrogens with one attached hydrogen (secondary N) is 1. The third-order valence-electron chi connectivity index (χ3n) is 4.60. The number of rotatable bonds is 2. The van der Waals surface area contributed by atoms with Crippen LogP contribution in [0, 0.1) is 5.92 Å². The van der Waals surface area contributed by atoms with E-state index in [1.807, 2.05) is 0 Å². The minimum Gasteiger partial charge on any atom is -0.260 e. The Morgan fingerprint density at radius 3 is 2.96 bits per heavy atom. The molecule has 2 heterocycles. The lowest BCUT2D eigenvalue weighted by Crippen LogP contribution is -2.30. The lowest BCUT2D eigenvalue weighted by Gasteiger charge is -2.28. The van der Waals surface area contributed by atoms with Gasteiger partial charge in [-0.25, -0.2) is 9.67 Å². The summed E-state index contributed by atoms with van der Waals surface area (Å²) < 4.78 is 29.8. The first-order valence-corrected chi connectivity index (χ1v) is 9.59. The molecule has 1 aliphatic heterocycles. The molecule has 1 aliphatic carbocycles. The summed E-state index contributed by atoms with van der Waals surface area (Å²) in [5.41, 5.74) is 4.34. The second-order valence-corrected chi connectivity index (χ2v) is 7.97. The van der Waals surface area contributed by atoms with Crippen molar-refractivity contribution in [1.82, 2.24) is 20.2 Å². The minimum atomic E-state index is -3.64. The van der Waals surface area contributed by atoms with E-state index in [0.29, 0.717) is 11.5 Å². The van der Waals surface area contributed by atoms with Gasteiger partial charge in [0.05, 0.1) is 11.8 Å². The molecule has 9 heteroatoms. The molecule has 0 amide bonds. The molecule has 2 aromatic rings. The van der Waals surface area contributed by atoms with Crippen LogP contribution in [-0.2, 0) is 10.0 Å². The number of benzene rings is 1. The molecule has 2 unspecified atom stereocenters. The Hall–Kier alpha value is -2.55. The summed E-state index contributed by atoms with van der Waals surface area (Å²) in [5, 5.41) is 8.72. The van der Waals surface area contributed by atoms with Gasteiger partial charge in [-0.1, -0.05) is 19.1 Å². The van der Waals surface area contributed by atoms with E-state index in [1.165, 1.54) is 6.33 Å². The van der Waals surface area contributed by atoms with E-state index in [9.17, 15) is 8.42 Å². The molecule has 4 rings (SSSR count). The average molecular weight is 358 g/mol. The van der Waals surface area contributed by atoms with Crippen LogP contribution in [0.1, 0.15) is 37.8 Å². The van der Waals surface area contributed by atoms with Gasteiger partial charge in [-0.2, -0.15) is 18.6 Å². The number of nitrogens with zero attached hydrogens (tertiary/aromatic N) is 5. The van der Waals surface area contributed by atoms with Crippen molar-refractivity contribution in [3.8, 4) is 0 Å². The highest BCUT2D eigenvalue weighted by Gasteiger charge is 2.30. The first kappa shape index (κ1) is 15.9. The summed E-state index contributed by atoms with van der Waals surface area (Å²) in [6, 6.07) is 6.77. The van der Waals surface area contributed by atoms with Crippen LogP contribution in [0.2, 0.25) is 0 Å². The molecule has 1 aromatic carbocycles. The predicted octanol–water partition coefficient (Wildman–Crippen LogP) is 1.73. The predicted molar refractivity (Wildman–Crippen MR) is 92.8 cm³/mol. The van der Waals surface area contributed by atoms with Crippen LogP contribution in [-0.4, -0.2) is 34.7 Å².